The molecule has 2 rings (SSSR count). The van der Waals surface area contributed by atoms with Crippen LogP contribution in [-0.4, -0.2) is 15.7 Å². The lowest BCUT2D eigenvalue weighted by Crippen LogP contribution is -2.26. The van der Waals surface area contributed by atoms with Gasteiger partial charge in [-0.2, -0.15) is 5.10 Å². The molecule has 1 atom stereocenters. The maximum Gasteiger partial charge on any atom is 0.262 e. The highest BCUT2D eigenvalue weighted by Gasteiger charge is 2.17. The summed E-state index contributed by atoms with van der Waals surface area (Å²) in [5, 5.41) is 9.14. The fourth-order valence-corrected chi connectivity index (χ4v) is 2.71. The van der Waals surface area contributed by atoms with Crippen LogP contribution in [-0.2, 0) is 7.05 Å². The highest BCUT2D eigenvalue weighted by molar-refractivity contribution is 7.12. The molecule has 2 aromatic heterocycles. The van der Waals surface area contributed by atoms with Gasteiger partial charge in [0.25, 0.3) is 5.91 Å². The van der Waals surface area contributed by atoms with Gasteiger partial charge in [0.2, 0.25) is 0 Å². The van der Waals surface area contributed by atoms with Crippen LogP contribution in [0.4, 0.5) is 0 Å². The molecule has 0 aliphatic heterocycles. The van der Waals surface area contributed by atoms with Crippen molar-refractivity contribution in [3.63, 3.8) is 0 Å². The zero-order chi connectivity index (χ0) is 13.3. The second kappa shape index (κ2) is 4.94. The third-order valence-electron chi connectivity index (χ3n) is 3.16. The second-order valence-electron chi connectivity index (χ2n) is 4.44. The van der Waals surface area contributed by atoms with E-state index in [4.69, 9.17) is 0 Å². The Bertz CT molecular complexity index is 571. The first kappa shape index (κ1) is 12.8. The highest BCUT2D eigenvalue weighted by atomic mass is 32.1. The number of nitrogens with zero attached hydrogens (tertiary/aromatic N) is 2. The molecule has 0 saturated heterocycles. The third-order valence-corrected chi connectivity index (χ3v) is 4.17. The maximum atomic E-state index is 12.1. The lowest BCUT2D eigenvalue weighted by molar-refractivity contribution is 0.0943. The molecule has 0 radical (unpaired) electrons. The second-order valence-corrected chi connectivity index (χ2v) is 5.35. The van der Waals surface area contributed by atoms with Crippen molar-refractivity contribution < 1.29 is 4.79 Å². The topological polar surface area (TPSA) is 46.9 Å². The molecule has 5 heteroatoms. The minimum atomic E-state index is -0.0345. The molecule has 2 aromatic rings. The van der Waals surface area contributed by atoms with Gasteiger partial charge in [-0.3, -0.25) is 9.48 Å². The summed E-state index contributed by atoms with van der Waals surface area (Å²) >= 11 is 1.47. The SMILES string of the molecule is Cc1ccsc1C(=O)NC(C)c1cnn(C)c1C. The van der Waals surface area contributed by atoms with Gasteiger partial charge in [0.05, 0.1) is 17.1 Å². The molecule has 18 heavy (non-hydrogen) atoms. The lowest BCUT2D eigenvalue weighted by atomic mass is 10.1. The van der Waals surface area contributed by atoms with E-state index in [2.05, 4.69) is 10.4 Å². The van der Waals surface area contributed by atoms with Crippen molar-refractivity contribution in [3.8, 4) is 0 Å². The van der Waals surface area contributed by atoms with Gasteiger partial charge >= 0.3 is 0 Å². The standard InChI is InChI=1S/C13H17N3OS/c1-8-5-6-18-12(8)13(17)15-9(2)11-7-14-16(4)10(11)3/h5-7,9H,1-4H3,(H,15,17). The van der Waals surface area contributed by atoms with Crippen LogP contribution < -0.4 is 5.32 Å². The number of thiophene rings is 1. The Kier molecular flexibility index (Phi) is 3.52. The summed E-state index contributed by atoms with van der Waals surface area (Å²) in [6.45, 7) is 5.93. The average Bonchev–Trinajstić information content (AvgIpc) is 2.87. The number of aromatic nitrogens is 2. The Morgan fingerprint density at radius 3 is 2.72 bits per heavy atom. The molecule has 0 aromatic carbocycles. The van der Waals surface area contributed by atoms with E-state index in [1.807, 2.05) is 50.1 Å². The molecule has 96 valence electrons. The van der Waals surface area contributed by atoms with Gasteiger partial charge in [-0.25, -0.2) is 0 Å². The summed E-state index contributed by atoms with van der Waals surface area (Å²) in [4.78, 5) is 12.9. The predicted molar refractivity (Wildman–Crippen MR) is 72.9 cm³/mol. The highest BCUT2D eigenvalue weighted by Crippen LogP contribution is 2.19. The zero-order valence-corrected chi connectivity index (χ0v) is 11.8. The Labute approximate surface area is 111 Å². The van der Waals surface area contributed by atoms with Gasteiger partial charge in [0, 0.05) is 18.3 Å². The molecule has 0 aliphatic carbocycles. The number of carbonyl (C=O) groups excluding carboxylic acids is 1. The van der Waals surface area contributed by atoms with Crippen molar-refractivity contribution in [2.75, 3.05) is 0 Å². The minimum Gasteiger partial charge on any atom is -0.345 e. The Balaban J connectivity index is 2.13. The van der Waals surface area contributed by atoms with Crippen LogP contribution in [0.3, 0.4) is 0 Å². The first-order valence-corrected chi connectivity index (χ1v) is 6.72. The van der Waals surface area contributed by atoms with Gasteiger partial charge in [0.1, 0.15) is 0 Å². The largest absolute Gasteiger partial charge is 0.345 e. The van der Waals surface area contributed by atoms with Gasteiger partial charge in [0.15, 0.2) is 0 Å². The maximum absolute atomic E-state index is 12.1. The quantitative estimate of drug-likeness (QED) is 0.925. The van der Waals surface area contributed by atoms with Crippen LogP contribution in [0.2, 0.25) is 0 Å². The molecule has 0 spiro atoms. The van der Waals surface area contributed by atoms with Gasteiger partial charge in [-0.05, 0) is 37.8 Å². The number of rotatable bonds is 3. The summed E-state index contributed by atoms with van der Waals surface area (Å²) in [7, 11) is 1.90. The molecule has 2 heterocycles. The van der Waals surface area contributed by atoms with E-state index in [1.54, 1.807) is 0 Å². The van der Waals surface area contributed by atoms with E-state index in [0.29, 0.717) is 0 Å². The van der Waals surface area contributed by atoms with E-state index < -0.39 is 0 Å². The lowest BCUT2D eigenvalue weighted by Gasteiger charge is -2.13. The molecular weight excluding hydrogens is 246 g/mol. The monoisotopic (exact) mass is 263 g/mol. The van der Waals surface area contributed by atoms with Crippen molar-refractivity contribution in [2.24, 2.45) is 7.05 Å². The molecule has 0 bridgehead atoms. The molecule has 0 saturated carbocycles. The van der Waals surface area contributed by atoms with Crippen LogP contribution in [0.1, 0.15) is 39.5 Å². The summed E-state index contributed by atoms with van der Waals surface area (Å²) in [6.07, 6.45) is 1.81. The molecule has 1 N–H and O–H groups in total. The van der Waals surface area contributed by atoms with Crippen LogP contribution in [0.5, 0.6) is 0 Å². The number of hydrogen-bond acceptors (Lipinski definition) is 3. The number of aryl methyl sites for hydroxylation is 2. The van der Waals surface area contributed by atoms with Crippen molar-refractivity contribution in [1.82, 2.24) is 15.1 Å². The summed E-state index contributed by atoms with van der Waals surface area (Å²) < 4.78 is 1.81. The predicted octanol–water partition coefficient (Wildman–Crippen LogP) is 2.59. The Morgan fingerprint density at radius 2 is 2.22 bits per heavy atom. The van der Waals surface area contributed by atoms with Crippen molar-refractivity contribution in [2.45, 2.75) is 26.8 Å². The van der Waals surface area contributed by atoms with Crippen LogP contribution in [0, 0.1) is 13.8 Å². The number of hydrogen-bond donors (Lipinski definition) is 1. The molecular formula is C13H17N3OS. The Hall–Kier alpha value is -1.62. The number of carbonyl (C=O) groups is 1. The van der Waals surface area contributed by atoms with E-state index >= 15 is 0 Å². The fourth-order valence-electron chi connectivity index (χ4n) is 1.89. The average molecular weight is 263 g/mol. The van der Waals surface area contributed by atoms with Crippen molar-refractivity contribution >= 4 is 17.2 Å². The van der Waals surface area contributed by atoms with E-state index in [-0.39, 0.29) is 11.9 Å². The van der Waals surface area contributed by atoms with Crippen LogP contribution in [0.25, 0.3) is 0 Å². The fraction of sp³-hybridized carbons (Fsp3) is 0.385. The molecule has 1 unspecified atom stereocenters. The smallest absolute Gasteiger partial charge is 0.262 e. The molecule has 4 nitrogen and oxygen atoms in total. The first-order chi connectivity index (χ1) is 8.50. The summed E-state index contributed by atoms with van der Waals surface area (Å²) in [5.74, 6) is -0.0155. The van der Waals surface area contributed by atoms with E-state index in [1.165, 1.54) is 11.3 Å². The van der Waals surface area contributed by atoms with E-state index in [9.17, 15) is 4.79 Å². The normalized spacial score (nSPS) is 12.4. The molecule has 0 aliphatic rings. The zero-order valence-electron chi connectivity index (χ0n) is 11.0. The Morgan fingerprint density at radius 1 is 1.50 bits per heavy atom. The summed E-state index contributed by atoms with van der Waals surface area (Å²) in [6, 6.07) is 1.92. The van der Waals surface area contributed by atoms with Gasteiger partial charge in [-0.15, -0.1) is 11.3 Å². The van der Waals surface area contributed by atoms with E-state index in [0.717, 1.165) is 21.7 Å². The van der Waals surface area contributed by atoms with Gasteiger partial charge in [-0.1, -0.05) is 0 Å². The van der Waals surface area contributed by atoms with Crippen LogP contribution in [0.15, 0.2) is 17.6 Å². The van der Waals surface area contributed by atoms with Crippen molar-refractivity contribution in [3.05, 3.63) is 39.3 Å². The first-order valence-electron chi connectivity index (χ1n) is 5.84. The minimum absolute atomic E-state index is 0.0155. The van der Waals surface area contributed by atoms with Crippen molar-refractivity contribution in [1.29, 1.82) is 0 Å². The van der Waals surface area contributed by atoms with Crippen LogP contribution >= 0.6 is 11.3 Å². The molecule has 1 amide bonds. The third kappa shape index (κ3) is 2.31. The van der Waals surface area contributed by atoms with Gasteiger partial charge < -0.3 is 5.32 Å². The number of nitrogens with one attached hydrogen (secondary N) is 1. The summed E-state index contributed by atoms with van der Waals surface area (Å²) in [5.41, 5.74) is 3.15. The molecule has 0 fully saturated rings. The number of amides is 1.